The van der Waals surface area contributed by atoms with Crippen LogP contribution in [0.1, 0.15) is 33.3 Å². The zero-order valence-corrected chi connectivity index (χ0v) is 22.4. The number of hydrogen-bond donors (Lipinski definition) is 0. The lowest BCUT2D eigenvalue weighted by Gasteiger charge is -2.37. The van der Waals surface area contributed by atoms with Gasteiger partial charge in [0.15, 0.2) is 0 Å². The van der Waals surface area contributed by atoms with E-state index in [1.807, 2.05) is 17.5 Å². The number of amides is 2. The molecule has 0 aliphatic carbocycles. The Labute approximate surface area is 222 Å². The zero-order chi connectivity index (χ0) is 25.5. The van der Waals surface area contributed by atoms with Crippen molar-refractivity contribution in [2.45, 2.75) is 18.9 Å². The van der Waals surface area contributed by atoms with Gasteiger partial charge in [0.05, 0.1) is 6.04 Å². The molecule has 9 heteroatoms. The van der Waals surface area contributed by atoms with Gasteiger partial charge in [-0.15, -0.1) is 11.3 Å². The zero-order valence-electron chi connectivity index (χ0n) is 20.0. The molecule has 0 spiro atoms. The number of nitrogens with zero attached hydrogens (tertiary/aromatic N) is 2. The van der Waals surface area contributed by atoms with Gasteiger partial charge < -0.3 is 19.3 Å². The molecule has 6 nitrogen and oxygen atoms in total. The van der Waals surface area contributed by atoms with E-state index in [0.29, 0.717) is 37.4 Å². The Morgan fingerprint density at radius 2 is 2.00 bits per heavy atom. The van der Waals surface area contributed by atoms with Crippen LogP contribution in [0, 0.1) is 5.82 Å². The fourth-order valence-corrected chi connectivity index (χ4v) is 5.62. The largest absolute Gasteiger partial charge is 0.491 e. The Morgan fingerprint density at radius 1 is 1.19 bits per heavy atom. The summed E-state index contributed by atoms with van der Waals surface area (Å²) in [5.74, 6) is -0.133. The highest BCUT2D eigenvalue weighted by Crippen LogP contribution is 2.34. The summed E-state index contributed by atoms with van der Waals surface area (Å²) < 4.78 is 25.2. The van der Waals surface area contributed by atoms with Crippen molar-refractivity contribution >= 4 is 39.1 Å². The fourth-order valence-electron chi connectivity index (χ4n) is 4.29. The highest BCUT2D eigenvalue weighted by molar-refractivity contribution is 9.10. The maximum atomic E-state index is 13.6. The average Bonchev–Trinajstić information content (AvgIpc) is 3.36. The lowest BCUT2D eigenvalue weighted by atomic mass is 10.0. The quantitative estimate of drug-likeness (QED) is 0.307. The maximum Gasteiger partial charge on any atom is 0.254 e. The molecule has 1 atom stereocenters. The van der Waals surface area contributed by atoms with E-state index < -0.39 is 0 Å². The smallest absolute Gasteiger partial charge is 0.254 e. The number of hydrogen-bond acceptors (Lipinski definition) is 5. The monoisotopic (exact) mass is 574 g/mol. The summed E-state index contributed by atoms with van der Waals surface area (Å²) >= 11 is 5.09. The molecule has 2 amide bonds. The van der Waals surface area contributed by atoms with Crippen LogP contribution in [-0.2, 0) is 16.0 Å². The third-order valence-electron chi connectivity index (χ3n) is 6.10. The van der Waals surface area contributed by atoms with Crippen LogP contribution in [0.4, 0.5) is 4.39 Å². The first-order valence-corrected chi connectivity index (χ1v) is 13.4. The summed E-state index contributed by atoms with van der Waals surface area (Å²) in [6.07, 6.45) is 1.38. The van der Waals surface area contributed by atoms with E-state index in [1.165, 1.54) is 17.0 Å². The van der Waals surface area contributed by atoms with Gasteiger partial charge in [0.25, 0.3) is 5.91 Å². The molecule has 3 aromatic rings. The SMILES string of the molecule is COCCCN(CC(=O)N1CCc2sccc2C1COc1ccc(F)cc1)C(=O)c1cccc(Br)c1. The summed E-state index contributed by atoms with van der Waals surface area (Å²) in [6.45, 7) is 1.64. The minimum Gasteiger partial charge on any atom is -0.491 e. The third-order valence-corrected chi connectivity index (χ3v) is 7.59. The normalized spacial score (nSPS) is 14.9. The summed E-state index contributed by atoms with van der Waals surface area (Å²) in [6, 6.07) is 14.8. The number of carbonyl (C=O) groups is 2. The summed E-state index contributed by atoms with van der Waals surface area (Å²) in [4.78, 5) is 31.6. The Kier molecular flexibility index (Phi) is 9.12. The molecular weight excluding hydrogens is 547 g/mol. The van der Waals surface area contributed by atoms with E-state index >= 15 is 0 Å². The van der Waals surface area contributed by atoms with E-state index in [2.05, 4.69) is 15.9 Å². The van der Waals surface area contributed by atoms with Crippen molar-refractivity contribution in [3.63, 3.8) is 0 Å². The van der Waals surface area contributed by atoms with Crippen LogP contribution in [0.25, 0.3) is 0 Å². The van der Waals surface area contributed by atoms with Crippen LogP contribution >= 0.6 is 27.3 Å². The molecule has 2 heterocycles. The van der Waals surface area contributed by atoms with Crippen molar-refractivity contribution in [3.8, 4) is 5.75 Å². The number of halogens is 2. The number of fused-ring (bicyclic) bond motifs is 1. The second-order valence-electron chi connectivity index (χ2n) is 8.50. The van der Waals surface area contributed by atoms with Crippen molar-refractivity contribution < 1.29 is 23.5 Å². The van der Waals surface area contributed by atoms with E-state index in [9.17, 15) is 14.0 Å². The summed E-state index contributed by atoms with van der Waals surface area (Å²) in [5.41, 5.74) is 1.58. The number of thiophene rings is 1. The Bertz CT molecular complexity index is 1190. The van der Waals surface area contributed by atoms with E-state index in [0.717, 1.165) is 16.5 Å². The van der Waals surface area contributed by atoms with Gasteiger partial charge in [-0.05, 0) is 72.3 Å². The molecule has 2 aromatic carbocycles. The molecule has 190 valence electrons. The molecule has 4 rings (SSSR count). The summed E-state index contributed by atoms with van der Waals surface area (Å²) in [5, 5.41) is 2.03. The second-order valence-corrected chi connectivity index (χ2v) is 10.4. The molecule has 1 unspecified atom stereocenters. The first-order chi connectivity index (χ1) is 17.5. The van der Waals surface area contributed by atoms with Crippen LogP contribution in [0.5, 0.6) is 5.75 Å². The first kappa shape index (κ1) is 26.3. The van der Waals surface area contributed by atoms with E-state index in [-0.39, 0.29) is 36.8 Å². The minimum atomic E-state index is -0.333. The average molecular weight is 576 g/mol. The molecule has 0 saturated carbocycles. The first-order valence-electron chi connectivity index (χ1n) is 11.7. The van der Waals surface area contributed by atoms with Gasteiger partial charge in [0, 0.05) is 41.7 Å². The molecule has 0 radical (unpaired) electrons. The van der Waals surface area contributed by atoms with Gasteiger partial charge in [-0.3, -0.25) is 9.59 Å². The molecule has 1 aliphatic heterocycles. The highest BCUT2D eigenvalue weighted by atomic mass is 79.9. The van der Waals surface area contributed by atoms with Gasteiger partial charge in [0.1, 0.15) is 24.7 Å². The van der Waals surface area contributed by atoms with E-state index in [4.69, 9.17) is 9.47 Å². The van der Waals surface area contributed by atoms with Gasteiger partial charge >= 0.3 is 0 Å². The predicted octanol–water partition coefficient (Wildman–Crippen LogP) is 5.33. The Balaban J connectivity index is 1.52. The topological polar surface area (TPSA) is 59.1 Å². The summed E-state index contributed by atoms with van der Waals surface area (Å²) in [7, 11) is 1.61. The molecule has 0 bridgehead atoms. The molecule has 1 aromatic heterocycles. The van der Waals surface area contributed by atoms with Crippen LogP contribution in [0.2, 0.25) is 0 Å². The molecule has 1 aliphatic rings. The number of benzene rings is 2. The van der Waals surface area contributed by atoms with Crippen molar-refractivity contribution in [2.24, 2.45) is 0 Å². The van der Waals surface area contributed by atoms with Crippen molar-refractivity contribution in [3.05, 3.63) is 86.3 Å². The number of ether oxygens (including phenoxy) is 2. The van der Waals surface area contributed by atoms with Crippen molar-refractivity contribution in [1.29, 1.82) is 0 Å². The van der Waals surface area contributed by atoms with Gasteiger partial charge in [-0.25, -0.2) is 4.39 Å². The minimum absolute atomic E-state index is 0.0401. The van der Waals surface area contributed by atoms with Crippen LogP contribution in [0.3, 0.4) is 0 Å². The number of carbonyl (C=O) groups excluding carboxylic acids is 2. The maximum absolute atomic E-state index is 13.6. The molecule has 0 N–H and O–H groups in total. The number of methoxy groups -OCH3 is 1. The Morgan fingerprint density at radius 3 is 2.75 bits per heavy atom. The molecular formula is C27H28BrFN2O4S. The van der Waals surface area contributed by atoms with Crippen LogP contribution < -0.4 is 4.74 Å². The van der Waals surface area contributed by atoms with Gasteiger partial charge in [0.2, 0.25) is 5.91 Å². The van der Waals surface area contributed by atoms with Gasteiger partial charge in [-0.1, -0.05) is 22.0 Å². The van der Waals surface area contributed by atoms with Crippen LogP contribution in [0.15, 0.2) is 64.5 Å². The Hall–Kier alpha value is -2.75. The van der Waals surface area contributed by atoms with Crippen molar-refractivity contribution in [2.75, 3.05) is 40.0 Å². The van der Waals surface area contributed by atoms with E-state index in [1.54, 1.807) is 58.6 Å². The van der Waals surface area contributed by atoms with Crippen molar-refractivity contribution in [1.82, 2.24) is 9.80 Å². The molecule has 0 fully saturated rings. The lowest BCUT2D eigenvalue weighted by molar-refractivity contribution is -0.135. The van der Waals surface area contributed by atoms with Crippen LogP contribution in [-0.4, -0.2) is 61.6 Å². The van der Waals surface area contributed by atoms with Gasteiger partial charge in [-0.2, -0.15) is 0 Å². The standard InChI is InChI=1S/C27H28BrFN2O4S/c1-34-14-3-12-30(27(33)19-4-2-5-20(28)16-19)17-26(32)31-13-10-25-23(11-15-36-25)24(31)18-35-22-8-6-21(29)7-9-22/h2,4-9,11,15-16,24H,3,10,12-14,17-18H2,1H3. The predicted molar refractivity (Wildman–Crippen MR) is 141 cm³/mol. The fraction of sp³-hybridized carbons (Fsp3) is 0.333. The number of rotatable bonds is 10. The lowest BCUT2D eigenvalue weighted by Crippen LogP contribution is -2.48. The third kappa shape index (κ3) is 6.52. The highest BCUT2D eigenvalue weighted by Gasteiger charge is 2.33. The molecule has 0 saturated heterocycles. The second kappa shape index (κ2) is 12.5. The molecule has 36 heavy (non-hydrogen) atoms.